The van der Waals surface area contributed by atoms with E-state index in [2.05, 4.69) is 0 Å². The third-order valence-electron chi connectivity index (χ3n) is 4.10. The highest BCUT2D eigenvalue weighted by Gasteiger charge is 2.03. The van der Waals surface area contributed by atoms with E-state index >= 15 is 0 Å². The summed E-state index contributed by atoms with van der Waals surface area (Å²) in [4.78, 5) is 21.8. The minimum Gasteiger partial charge on any atom is -0.508 e. The fourth-order valence-electron chi connectivity index (χ4n) is 2.57. The normalized spacial score (nSPS) is 9.93. The number of aromatic hydroxyl groups is 2. The standard InChI is InChI=1S/C17H24O4.C6H6O2/c18-16(19)11-7-2-1-3-8-12-17(20)21-14-13-15-9-5-4-6-10-15;7-5-2-1-3-6(8)4-5/h4-6,9-10H,1-3,7-8,11-14H2,(H,18,19);1-4,7-8H. The van der Waals surface area contributed by atoms with Gasteiger partial charge >= 0.3 is 11.9 Å². The quantitative estimate of drug-likeness (QED) is 0.372. The number of carbonyl (C=O) groups is 2. The van der Waals surface area contributed by atoms with Crippen LogP contribution in [0.15, 0.2) is 54.6 Å². The largest absolute Gasteiger partial charge is 0.508 e. The molecule has 29 heavy (non-hydrogen) atoms. The van der Waals surface area contributed by atoms with Crippen LogP contribution < -0.4 is 0 Å². The van der Waals surface area contributed by atoms with Gasteiger partial charge in [0.15, 0.2) is 0 Å². The molecule has 0 radical (unpaired) electrons. The minimum atomic E-state index is -0.739. The Hall–Kier alpha value is -3.02. The lowest BCUT2D eigenvalue weighted by Crippen LogP contribution is -2.07. The van der Waals surface area contributed by atoms with Crippen LogP contribution in [0.5, 0.6) is 11.5 Å². The van der Waals surface area contributed by atoms with Gasteiger partial charge < -0.3 is 20.1 Å². The van der Waals surface area contributed by atoms with E-state index in [-0.39, 0.29) is 23.9 Å². The minimum absolute atomic E-state index is 0.0880. The molecule has 0 saturated heterocycles. The van der Waals surface area contributed by atoms with Crippen LogP contribution in [-0.2, 0) is 20.7 Å². The lowest BCUT2D eigenvalue weighted by molar-refractivity contribution is -0.143. The number of carboxylic acids is 1. The fourth-order valence-corrected chi connectivity index (χ4v) is 2.57. The first-order valence-corrected chi connectivity index (χ1v) is 9.86. The Bertz CT molecular complexity index is 697. The molecule has 2 rings (SSSR count). The number of ether oxygens (including phenoxy) is 1. The molecule has 2 aromatic carbocycles. The van der Waals surface area contributed by atoms with E-state index < -0.39 is 5.97 Å². The summed E-state index contributed by atoms with van der Waals surface area (Å²) in [5.74, 6) is -0.705. The van der Waals surface area contributed by atoms with Gasteiger partial charge in [-0.1, -0.05) is 55.7 Å². The molecule has 0 atom stereocenters. The van der Waals surface area contributed by atoms with Crippen molar-refractivity contribution in [3.8, 4) is 11.5 Å². The van der Waals surface area contributed by atoms with Gasteiger partial charge in [-0.25, -0.2) is 0 Å². The number of aliphatic carboxylic acids is 1. The van der Waals surface area contributed by atoms with Crippen LogP contribution in [-0.4, -0.2) is 33.9 Å². The van der Waals surface area contributed by atoms with Crippen LogP contribution in [0.25, 0.3) is 0 Å². The fraction of sp³-hybridized carbons (Fsp3) is 0.391. The SMILES string of the molecule is O=C(O)CCCCCCCC(=O)OCCc1ccccc1.Oc1cccc(O)c1. The molecule has 0 spiro atoms. The average molecular weight is 402 g/mol. The van der Waals surface area contributed by atoms with E-state index in [0.29, 0.717) is 13.0 Å². The summed E-state index contributed by atoms with van der Waals surface area (Å²) in [5.41, 5.74) is 1.17. The van der Waals surface area contributed by atoms with Crippen LogP contribution in [0.2, 0.25) is 0 Å². The first-order chi connectivity index (χ1) is 14.0. The van der Waals surface area contributed by atoms with Crippen molar-refractivity contribution in [2.45, 2.75) is 51.4 Å². The van der Waals surface area contributed by atoms with Crippen molar-refractivity contribution in [1.82, 2.24) is 0 Å². The molecule has 6 heteroatoms. The van der Waals surface area contributed by atoms with Gasteiger partial charge in [-0.05, 0) is 30.5 Å². The third kappa shape index (κ3) is 13.7. The zero-order chi connectivity index (χ0) is 21.3. The van der Waals surface area contributed by atoms with Crippen molar-refractivity contribution in [3.05, 3.63) is 60.2 Å². The molecule has 0 bridgehead atoms. The van der Waals surface area contributed by atoms with E-state index in [4.69, 9.17) is 20.1 Å². The number of unbranched alkanes of at least 4 members (excludes halogenated alkanes) is 4. The highest BCUT2D eigenvalue weighted by Crippen LogP contribution is 2.14. The summed E-state index contributed by atoms with van der Waals surface area (Å²) in [6.45, 7) is 0.432. The number of hydrogen-bond donors (Lipinski definition) is 3. The van der Waals surface area contributed by atoms with Gasteiger partial charge in [0.25, 0.3) is 0 Å². The van der Waals surface area contributed by atoms with Crippen LogP contribution in [0.3, 0.4) is 0 Å². The predicted molar refractivity (Wildman–Crippen MR) is 111 cm³/mol. The van der Waals surface area contributed by atoms with E-state index in [1.807, 2.05) is 30.3 Å². The summed E-state index contributed by atoms with van der Waals surface area (Å²) >= 11 is 0. The van der Waals surface area contributed by atoms with Crippen LogP contribution in [0.4, 0.5) is 0 Å². The molecule has 2 aromatic rings. The maximum Gasteiger partial charge on any atom is 0.305 e. The average Bonchev–Trinajstić information content (AvgIpc) is 2.68. The summed E-state index contributed by atoms with van der Waals surface area (Å²) < 4.78 is 5.19. The lowest BCUT2D eigenvalue weighted by atomic mass is 10.1. The van der Waals surface area contributed by atoms with Gasteiger partial charge in [-0.2, -0.15) is 0 Å². The van der Waals surface area contributed by atoms with Gasteiger partial charge in [0, 0.05) is 25.3 Å². The van der Waals surface area contributed by atoms with Crippen LogP contribution in [0.1, 0.15) is 50.5 Å². The first-order valence-electron chi connectivity index (χ1n) is 9.86. The topological polar surface area (TPSA) is 104 Å². The van der Waals surface area contributed by atoms with Crippen LogP contribution >= 0.6 is 0 Å². The maximum absolute atomic E-state index is 11.5. The number of carboxylic acid groups (broad SMARTS) is 1. The number of benzene rings is 2. The van der Waals surface area contributed by atoms with Gasteiger partial charge in [-0.3, -0.25) is 9.59 Å². The first kappa shape index (κ1) is 24.0. The zero-order valence-electron chi connectivity index (χ0n) is 16.6. The van der Waals surface area contributed by atoms with Crippen molar-refractivity contribution in [2.24, 2.45) is 0 Å². The third-order valence-corrected chi connectivity index (χ3v) is 4.10. The Morgan fingerprint density at radius 1 is 0.759 bits per heavy atom. The molecular formula is C23H30O6. The van der Waals surface area contributed by atoms with Crippen molar-refractivity contribution in [1.29, 1.82) is 0 Å². The van der Waals surface area contributed by atoms with E-state index in [9.17, 15) is 9.59 Å². The Labute approximate surface area is 171 Å². The molecule has 0 aliphatic carbocycles. The van der Waals surface area contributed by atoms with Crippen molar-refractivity contribution in [3.63, 3.8) is 0 Å². The summed E-state index contributed by atoms with van der Waals surface area (Å²) in [5, 5.41) is 25.8. The second-order valence-electron chi connectivity index (χ2n) is 6.64. The van der Waals surface area contributed by atoms with E-state index in [0.717, 1.165) is 38.5 Å². The van der Waals surface area contributed by atoms with Gasteiger partial charge in [0.1, 0.15) is 11.5 Å². The second kappa shape index (κ2) is 15.0. The van der Waals surface area contributed by atoms with Crippen molar-refractivity contribution >= 4 is 11.9 Å². The molecule has 0 saturated carbocycles. The Balaban J connectivity index is 0.000000436. The van der Waals surface area contributed by atoms with Gasteiger partial charge in [0.05, 0.1) is 6.61 Å². The van der Waals surface area contributed by atoms with Crippen LogP contribution in [0, 0.1) is 0 Å². The van der Waals surface area contributed by atoms with E-state index in [1.54, 1.807) is 6.07 Å². The van der Waals surface area contributed by atoms with Crippen molar-refractivity contribution < 1.29 is 29.6 Å². The van der Waals surface area contributed by atoms with E-state index in [1.165, 1.54) is 23.8 Å². The van der Waals surface area contributed by atoms with Crippen molar-refractivity contribution in [2.75, 3.05) is 6.61 Å². The number of phenols is 2. The molecule has 0 fully saturated rings. The molecule has 0 aromatic heterocycles. The molecule has 0 aliphatic rings. The summed E-state index contributed by atoms with van der Waals surface area (Å²) in [7, 11) is 0. The summed E-state index contributed by atoms with van der Waals surface area (Å²) in [6, 6.07) is 15.8. The number of rotatable bonds is 11. The molecule has 3 N–H and O–H groups in total. The molecule has 0 amide bonds. The number of carbonyl (C=O) groups excluding carboxylic acids is 1. The van der Waals surface area contributed by atoms with Gasteiger partial charge in [0.2, 0.25) is 0 Å². The Morgan fingerprint density at radius 2 is 1.34 bits per heavy atom. The molecule has 158 valence electrons. The highest BCUT2D eigenvalue weighted by molar-refractivity contribution is 5.69. The summed E-state index contributed by atoms with van der Waals surface area (Å²) in [6.07, 6.45) is 5.82. The Kier molecular flexibility index (Phi) is 12.4. The highest BCUT2D eigenvalue weighted by atomic mass is 16.5. The smallest absolute Gasteiger partial charge is 0.305 e. The predicted octanol–water partition coefficient (Wildman–Crippen LogP) is 4.69. The number of phenolic OH excluding ortho intramolecular Hbond substituents is 2. The number of esters is 1. The van der Waals surface area contributed by atoms with Gasteiger partial charge in [-0.15, -0.1) is 0 Å². The molecule has 6 nitrogen and oxygen atoms in total. The number of hydrogen-bond acceptors (Lipinski definition) is 5. The molecule has 0 heterocycles. The maximum atomic E-state index is 11.5. The Morgan fingerprint density at radius 3 is 1.90 bits per heavy atom. The second-order valence-corrected chi connectivity index (χ2v) is 6.64. The monoisotopic (exact) mass is 402 g/mol. The lowest BCUT2D eigenvalue weighted by Gasteiger charge is -2.05. The molecular weight excluding hydrogens is 372 g/mol. The zero-order valence-corrected chi connectivity index (χ0v) is 16.6. The molecule has 0 unspecified atom stereocenters. The molecule has 0 aliphatic heterocycles.